The number of hydrogen-bond acceptors (Lipinski definition) is 5. The minimum Gasteiger partial charge on any atom is -0.462 e. The summed E-state index contributed by atoms with van der Waals surface area (Å²) in [7, 11) is 0. The maximum atomic E-state index is 12.8. The van der Waals surface area contributed by atoms with Crippen LogP contribution in [0.2, 0.25) is 0 Å². The zero-order valence-corrected chi connectivity index (χ0v) is 17.4. The number of thiophene rings is 1. The largest absolute Gasteiger partial charge is 0.462 e. The Hall–Kier alpha value is -2.67. The molecule has 150 valence electrons. The summed E-state index contributed by atoms with van der Waals surface area (Å²) in [5, 5.41) is 6.05. The predicted molar refractivity (Wildman–Crippen MR) is 111 cm³/mol. The first-order valence-corrected chi connectivity index (χ1v) is 10.2. The summed E-state index contributed by atoms with van der Waals surface area (Å²) in [5.74, 6) is -1.03. The number of benzene rings is 1. The van der Waals surface area contributed by atoms with Crippen molar-refractivity contribution in [2.75, 3.05) is 11.9 Å². The van der Waals surface area contributed by atoms with Crippen LogP contribution in [0.3, 0.4) is 0 Å². The number of amides is 2. The highest BCUT2D eigenvalue weighted by atomic mass is 32.1. The topological polar surface area (TPSA) is 84.5 Å². The smallest absolute Gasteiger partial charge is 0.341 e. The number of rotatable bonds is 8. The molecule has 0 spiro atoms. The summed E-state index contributed by atoms with van der Waals surface area (Å²) in [4.78, 5) is 37.7. The second kappa shape index (κ2) is 10.0. The minimum absolute atomic E-state index is 0.195. The fraction of sp³-hybridized carbons (Fsp3) is 0.381. The Morgan fingerprint density at radius 3 is 2.43 bits per heavy atom. The molecular weight excluding hydrogens is 376 g/mol. The first-order chi connectivity index (χ1) is 13.4. The summed E-state index contributed by atoms with van der Waals surface area (Å²) in [6, 6.07) is 9.42. The Kier molecular flexibility index (Phi) is 7.75. The highest BCUT2D eigenvalue weighted by Gasteiger charge is 2.27. The minimum atomic E-state index is -0.543. The van der Waals surface area contributed by atoms with E-state index in [1.54, 1.807) is 13.8 Å². The van der Waals surface area contributed by atoms with Gasteiger partial charge in [0.25, 0.3) is 5.91 Å². The van der Waals surface area contributed by atoms with E-state index in [0.29, 0.717) is 28.3 Å². The molecule has 2 rings (SSSR count). The first kappa shape index (κ1) is 21.6. The van der Waals surface area contributed by atoms with Crippen molar-refractivity contribution in [1.82, 2.24) is 5.32 Å². The Morgan fingerprint density at radius 1 is 1.14 bits per heavy atom. The van der Waals surface area contributed by atoms with Gasteiger partial charge in [0.15, 0.2) is 0 Å². The Morgan fingerprint density at radius 2 is 1.82 bits per heavy atom. The highest BCUT2D eigenvalue weighted by Crippen LogP contribution is 2.34. The molecule has 2 N–H and O–H groups in total. The van der Waals surface area contributed by atoms with Gasteiger partial charge in [-0.05, 0) is 38.3 Å². The summed E-state index contributed by atoms with van der Waals surface area (Å²) in [6.07, 6.45) is 1.03. The maximum absolute atomic E-state index is 12.8. The number of hydrogen-bond donors (Lipinski definition) is 2. The number of carbonyl (C=O) groups excluding carboxylic acids is 3. The van der Waals surface area contributed by atoms with Crippen LogP contribution in [0.4, 0.5) is 5.00 Å². The van der Waals surface area contributed by atoms with Crippen LogP contribution in [0, 0.1) is 6.92 Å². The number of carbonyl (C=O) groups is 3. The lowest BCUT2D eigenvalue weighted by molar-refractivity contribution is -0.116. The van der Waals surface area contributed by atoms with Gasteiger partial charge in [0, 0.05) is 6.42 Å². The van der Waals surface area contributed by atoms with Crippen LogP contribution < -0.4 is 10.6 Å². The molecule has 7 heteroatoms. The zero-order valence-electron chi connectivity index (χ0n) is 16.6. The SMILES string of the molecule is CCCC(=O)Nc1sc(C(=O)NC(C)c2ccccc2)c(C)c1C(=O)OCC. The van der Waals surface area contributed by atoms with Gasteiger partial charge in [0.1, 0.15) is 5.00 Å². The number of esters is 1. The monoisotopic (exact) mass is 402 g/mol. The molecule has 0 aliphatic rings. The fourth-order valence-electron chi connectivity index (χ4n) is 2.77. The van der Waals surface area contributed by atoms with Crippen LogP contribution in [-0.2, 0) is 9.53 Å². The number of nitrogens with one attached hydrogen (secondary N) is 2. The van der Waals surface area contributed by atoms with Gasteiger partial charge in [-0.2, -0.15) is 0 Å². The van der Waals surface area contributed by atoms with Gasteiger partial charge in [-0.3, -0.25) is 9.59 Å². The van der Waals surface area contributed by atoms with E-state index in [9.17, 15) is 14.4 Å². The van der Waals surface area contributed by atoms with Gasteiger partial charge in [0.2, 0.25) is 5.91 Å². The second-order valence-corrected chi connectivity index (χ2v) is 7.41. The molecule has 1 heterocycles. The van der Waals surface area contributed by atoms with Crippen molar-refractivity contribution in [3.8, 4) is 0 Å². The zero-order chi connectivity index (χ0) is 20.7. The lowest BCUT2D eigenvalue weighted by Gasteiger charge is -2.14. The molecule has 2 amide bonds. The third kappa shape index (κ3) is 5.19. The third-order valence-electron chi connectivity index (χ3n) is 4.21. The molecule has 1 atom stereocenters. The van der Waals surface area contributed by atoms with Crippen LogP contribution in [0.1, 0.15) is 70.8 Å². The average molecular weight is 403 g/mol. The van der Waals surface area contributed by atoms with E-state index < -0.39 is 5.97 Å². The van der Waals surface area contributed by atoms with Crippen molar-refractivity contribution in [2.24, 2.45) is 0 Å². The van der Waals surface area contributed by atoms with E-state index in [2.05, 4.69) is 10.6 Å². The molecule has 0 bridgehead atoms. The molecule has 0 saturated heterocycles. The fourth-order valence-corrected chi connectivity index (χ4v) is 3.88. The standard InChI is InChI=1S/C21H26N2O4S/c1-5-10-16(24)23-20-17(21(26)27-6-2)13(3)18(28-20)19(25)22-14(4)15-11-8-7-9-12-15/h7-9,11-12,14H,5-6,10H2,1-4H3,(H,22,25)(H,23,24). The molecular formula is C21H26N2O4S. The average Bonchev–Trinajstić information content (AvgIpc) is 2.98. The lowest BCUT2D eigenvalue weighted by Crippen LogP contribution is -2.26. The lowest BCUT2D eigenvalue weighted by atomic mass is 10.1. The van der Waals surface area contributed by atoms with Crippen molar-refractivity contribution >= 4 is 34.1 Å². The van der Waals surface area contributed by atoms with Crippen LogP contribution in [0.15, 0.2) is 30.3 Å². The third-order valence-corrected chi connectivity index (χ3v) is 5.42. The molecule has 2 aromatic rings. The molecule has 0 fully saturated rings. The van der Waals surface area contributed by atoms with Gasteiger partial charge in [-0.1, -0.05) is 37.3 Å². The molecule has 28 heavy (non-hydrogen) atoms. The van der Waals surface area contributed by atoms with Crippen LogP contribution in [0.5, 0.6) is 0 Å². The van der Waals surface area contributed by atoms with E-state index in [1.165, 1.54) is 0 Å². The normalized spacial score (nSPS) is 11.6. The second-order valence-electron chi connectivity index (χ2n) is 6.38. The Bertz CT molecular complexity index is 846. The number of ether oxygens (including phenoxy) is 1. The highest BCUT2D eigenvalue weighted by molar-refractivity contribution is 7.18. The van der Waals surface area contributed by atoms with Gasteiger partial charge in [-0.25, -0.2) is 4.79 Å². The first-order valence-electron chi connectivity index (χ1n) is 9.35. The molecule has 0 aliphatic carbocycles. The van der Waals surface area contributed by atoms with E-state index in [-0.39, 0.29) is 30.0 Å². The molecule has 1 aromatic carbocycles. The maximum Gasteiger partial charge on any atom is 0.341 e. The van der Waals surface area contributed by atoms with Crippen LogP contribution >= 0.6 is 11.3 Å². The van der Waals surface area contributed by atoms with Crippen molar-refractivity contribution in [3.05, 3.63) is 51.9 Å². The molecule has 0 radical (unpaired) electrons. The van der Waals surface area contributed by atoms with E-state index >= 15 is 0 Å². The van der Waals surface area contributed by atoms with Crippen molar-refractivity contribution in [1.29, 1.82) is 0 Å². The van der Waals surface area contributed by atoms with Gasteiger partial charge in [0.05, 0.1) is 23.1 Å². The van der Waals surface area contributed by atoms with Gasteiger partial charge < -0.3 is 15.4 Å². The summed E-state index contributed by atoms with van der Waals surface area (Å²) < 4.78 is 5.12. The van der Waals surface area contributed by atoms with Gasteiger partial charge >= 0.3 is 5.97 Å². The van der Waals surface area contributed by atoms with Gasteiger partial charge in [-0.15, -0.1) is 11.3 Å². The quantitative estimate of drug-likeness (QED) is 0.638. The molecule has 0 saturated carbocycles. The summed E-state index contributed by atoms with van der Waals surface area (Å²) >= 11 is 1.09. The number of anilines is 1. The van der Waals surface area contributed by atoms with E-state index in [1.807, 2.05) is 44.2 Å². The van der Waals surface area contributed by atoms with Crippen molar-refractivity contribution in [3.63, 3.8) is 0 Å². The molecule has 1 unspecified atom stereocenters. The van der Waals surface area contributed by atoms with Crippen LogP contribution in [0.25, 0.3) is 0 Å². The Balaban J connectivity index is 2.31. The summed E-state index contributed by atoms with van der Waals surface area (Å²) in [5.41, 5.74) is 1.73. The molecule has 1 aromatic heterocycles. The molecule has 6 nitrogen and oxygen atoms in total. The Labute approximate surface area is 169 Å². The van der Waals surface area contributed by atoms with E-state index in [4.69, 9.17) is 4.74 Å². The molecule has 0 aliphatic heterocycles. The summed E-state index contributed by atoms with van der Waals surface area (Å²) in [6.45, 7) is 7.41. The predicted octanol–water partition coefficient (Wildman–Crippen LogP) is 4.46. The van der Waals surface area contributed by atoms with E-state index in [0.717, 1.165) is 16.9 Å². The van der Waals surface area contributed by atoms with Crippen molar-refractivity contribution < 1.29 is 19.1 Å². The van der Waals surface area contributed by atoms with Crippen molar-refractivity contribution in [2.45, 2.75) is 46.6 Å². The van der Waals surface area contributed by atoms with Crippen LogP contribution in [-0.4, -0.2) is 24.4 Å².